The Morgan fingerprint density at radius 3 is 2.94 bits per heavy atom. The molecule has 1 saturated heterocycles. The highest BCUT2D eigenvalue weighted by Crippen LogP contribution is 2.19. The Morgan fingerprint density at radius 1 is 1.47 bits per heavy atom. The van der Waals surface area contributed by atoms with Gasteiger partial charge >= 0.3 is 0 Å². The monoisotopic (exact) mass is 318 g/mol. The first-order valence-corrected chi connectivity index (χ1v) is 8.12. The Morgan fingerprint density at radius 2 is 2.29 bits per heavy atom. The fraction of sp³-hybridized carbons (Fsp3) is 0.545. The first kappa shape index (κ1) is 13.0. The van der Waals surface area contributed by atoms with E-state index in [0.29, 0.717) is 18.8 Å². The van der Waals surface area contributed by atoms with E-state index in [4.69, 9.17) is 0 Å². The zero-order chi connectivity index (χ0) is 12.3. The summed E-state index contributed by atoms with van der Waals surface area (Å²) in [6.07, 6.45) is 1.57. The minimum absolute atomic E-state index is 0.213. The van der Waals surface area contributed by atoms with Gasteiger partial charge in [-0.1, -0.05) is 6.07 Å². The van der Waals surface area contributed by atoms with Gasteiger partial charge in [-0.2, -0.15) is 0 Å². The topological polar surface area (TPSA) is 59.1 Å². The lowest BCUT2D eigenvalue weighted by atomic mass is 10.2. The average Bonchev–Trinajstić information content (AvgIpc) is 2.58. The van der Waals surface area contributed by atoms with Gasteiger partial charge in [-0.3, -0.25) is 0 Å². The highest BCUT2D eigenvalue weighted by molar-refractivity contribution is 9.10. The summed E-state index contributed by atoms with van der Waals surface area (Å²) in [6.45, 7) is 1.13. The van der Waals surface area contributed by atoms with E-state index in [1.807, 2.05) is 18.2 Å². The van der Waals surface area contributed by atoms with Gasteiger partial charge in [0.25, 0.3) is 0 Å². The van der Waals surface area contributed by atoms with Crippen molar-refractivity contribution in [2.45, 2.75) is 24.6 Å². The molecule has 1 atom stereocenters. The van der Waals surface area contributed by atoms with Crippen molar-refractivity contribution < 1.29 is 8.42 Å². The lowest BCUT2D eigenvalue weighted by molar-refractivity contribution is 0.572. The van der Waals surface area contributed by atoms with Gasteiger partial charge in [0.05, 0.1) is 16.7 Å². The van der Waals surface area contributed by atoms with Crippen LogP contribution in [0, 0.1) is 0 Å². The van der Waals surface area contributed by atoms with E-state index >= 15 is 0 Å². The van der Waals surface area contributed by atoms with Crippen molar-refractivity contribution in [1.29, 1.82) is 0 Å². The Bertz CT molecular complexity index is 490. The molecule has 1 N–H and O–H groups in total. The molecule has 2 heterocycles. The Labute approximate surface area is 110 Å². The molecule has 94 valence electrons. The second-order valence-corrected chi connectivity index (χ2v) is 7.43. The minimum atomic E-state index is -2.84. The summed E-state index contributed by atoms with van der Waals surface area (Å²) >= 11 is 3.30. The smallest absolute Gasteiger partial charge is 0.154 e. The van der Waals surface area contributed by atoms with Crippen LogP contribution < -0.4 is 5.32 Å². The van der Waals surface area contributed by atoms with Crippen molar-refractivity contribution >= 4 is 25.8 Å². The van der Waals surface area contributed by atoms with E-state index in [1.165, 1.54) is 0 Å². The second-order valence-electron chi connectivity index (χ2n) is 4.21. The predicted octanol–water partition coefficient (Wildman–Crippen LogP) is 1.51. The first-order valence-electron chi connectivity index (χ1n) is 5.62. The van der Waals surface area contributed by atoms with Crippen LogP contribution in [0.4, 0.5) is 0 Å². The maximum atomic E-state index is 11.6. The number of rotatable bonds is 4. The van der Waals surface area contributed by atoms with E-state index in [0.717, 1.165) is 23.1 Å². The van der Waals surface area contributed by atoms with E-state index in [1.54, 1.807) is 0 Å². The van der Waals surface area contributed by atoms with Crippen molar-refractivity contribution in [2.24, 2.45) is 0 Å². The Balaban J connectivity index is 1.84. The fourth-order valence-electron chi connectivity index (χ4n) is 2.00. The summed E-state index contributed by atoms with van der Waals surface area (Å²) in [7, 11) is -2.84. The summed E-state index contributed by atoms with van der Waals surface area (Å²) in [6, 6.07) is 5.70. The number of sulfone groups is 1. The van der Waals surface area contributed by atoms with Crippen LogP contribution in [0.25, 0.3) is 0 Å². The van der Waals surface area contributed by atoms with Gasteiger partial charge in [0, 0.05) is 13.1 Å². The molecule has 0 bridgehead atoms. The molecule has 0 aliphatic carbocycles. The number of hydrogen-bond acceptors (Lipinski definition) is 4. The van der Waals surface area contributed by atoms with Gasteiger partial charge in [0.1, 0.15) is 4.60 Å². The predicted molar refractivity (Wildman–Crippen MR) is 70.5 cm³/mol. The quantitative estimate of drug-likeness (QED) is 0.855. The number of nitrogens with one attached hydrogen (secondary N) is 1. The molecule has 0 amide bonds. The number of halogens is 1. The van der Waals surface area contributed by atoms with Crippen LogP contribution in [0.1, 0.15) is 18.5 Å². The SMILES string of the molecule is O=S1(=O)CCCC1CNCc1cccc(Br)n1. The summed E-state index contributed by atoms with van der Waals surface area (Å²) in [5.74, 6) is 0.342. The van der Waals surface area contributed by atoms with Crippen molar-refractivity contribution in [3.63, 3.8) is 0 Å². The van der Waals surface area contributed by atoms with Gasteiger partial charge in [-0.05, 0) is 40.9 Å². The summed E-state index contributed by atoms with van der Waals surface area (Å²) < 4.78 is 24.0. The molecular formula is C11H15BrN2O2S. The van der Waals surface area contributed by atoms with Crippen LogP contribution in [0.15, 0.2) is 22.8 Å². The Hall–Kier alpha value is -0.460. The molecule has 0 radical (unpaired) electrons. The molecule has 0 spiro atoms. The van der Waals surface area contributed by atoms with Gasteiger partial charge in [-0.15, -0.1) is 0 Å². The summed E-state index contributed by atoms with van der Waals surface area (Å²) in [5.41, 5.74) is 0.912. The molecule has 4 nitrogen and oxygen atoms in total. The van der Waals surface area contributed by atoms with E-state index in [2.05, 4.69) is 26.2 Å². The van der Waals surface area contributed by atoms with E-state index in [9.17, 15) is 8.42 Å². The summed E-state index contributed by atoms with van der Waals surface area (Å²) in [5, 5.41) is 2.95. The number of aromatic nitrogens is 1. The maximum absolute atomic E-state index is 11.6. The molecule has 0 saturated carbocycles. The highest BCUT2D eigenvalue weighted by Gasteiger charge is 2.30. The molecule has 6 heteroatoms. The number of pyridine rings is 1. The fourth-order valence-corrected chi connectivity index (χ4v) is 4.18. The van der Waals surface area contributed by atoms with Gasteiger partial charge in [-0.25, -0.2) is 13.4 Å². The molecule has 1 aliphatic heterocycles. The van der Waals surface area contributed by atoms with Gasteiger partial charge in [0.2, 0.25) is 0 Å². The summed E-state index contributed by atoms with van der Waals surface area (Å²) in [4.78, 5) is 4.28. The van der Waals surface area contributed by atoms with Crippen LogP contribution in [0.5, 0.6) is 0 Å². The van der Waals surface area contributed by atoms with Crippen molar-refractivity contribution in [3.05, 3.63) is 28.5 Å². The van der Waals surface area contributed by atoms with Crippen LogP contribution in [-0.4, -0.2) is 30.9 Å². The third kappa shape index (κ3) is 3.50. The molecular weight excluding hydrogens is 304 g/mol. The van der Waals surface area contributed by atoms with Crippen molar-refractivity contribution in [3.8, 4) is 0 Å². The van der Waals surface area contributed by atoms with E-state index < -0.39 is 9.84 Å². The number of hydrogen-bond donors (Lipinski definition) is 1. The molecule has 1 unspecified atom stereocenters. The highest BCUT2D eigenvalue weighted by atomic mass is 79.9. The molecule has 1 aromatic rings. The third-order valence-electron chi connectivity index (χ3n) is 2.91. The average molecular weight is 319 g/mol. The standard InChI is InChI=1S/C11H15BrN2O2S/c12-11-5-1-3-9(14-11)7-13-8-10-4-2-6-17(10,15)16/h1,3,5,10,13H,2,4,6-8H2. The molecule has 1 fully saturated rings. The lowest BCUT2D eigenvalue weighted by Crippen LogP contribution is -2.30. The zero-order valence-corrected chi connectivity index (χ0v) is 11.8. The van der Waals surface area contributed by atoms with Gasteiger partial charge in [0.15, 0.2) is 9.84 Å². The van der Waals surface area contributed by atoms with Crippen molar-refractivity contribution in [1.82, 2.24) is 10.3 Å². The molecule has 0 aromatic carbocycles. The third-order valence-corrected chi connectivity index (χ3v) is 5.63. The van der Waals surface area contributed by atoms with Crippen LogP contribution >= 0.6 is 15.9 Å². The maximum Gasteiger partial charge on any atom is 0.154 e. The lowest BCUT2D eigenvalue weighted by Gasteiger charge is -2.10. The van der Waals surface area contributed by atoms with Crippen LogP contribution in [0.2, 0.25) is 0 Å². The van der Waals surface area contributed by atoms with Crippen LogP contribution in [-0.2, 0) is 16.4 Å². The molecule has 1 aliphatic rings. The second kappa shape index (κ2) is 5.46. The van der Waals surface area contributed by atoms with E-state index in [-0.39, 0.29) is 5.25 Å². The van der Waals surface area contributed by atoms with Crippen LogP contribution in [0.3, 0.4) is 0 Å². The zero-order valence-electron chi connectivity index (χ0n) is 9.39. The van der Waals surface area contributed by atoms with Gasteiger partial charge < -0.3 is 5.32 Å². The molecule has 17 heavy (non-hydrogen) atoms. The molecule has 2 rings (SSSR count). The first-order chi connectivity index (χ1) is 8.08. The number of nitrogens with zero attached hydrogens (tertiary/aromatic N) is 1. The normalized spacial score (nSPS) is 22.8. The van der Waals surface area contributed by atoms with Crippen molar-refractivity contribution in [2.75, 3.05) is 12.3 Å². The molecule has 1 aromatic heterocycles. The minimum Gasteiger partial charge on any atom is -0.310 e. The largest absolute Gasteiger partial charge is 0.310 e. The Kier molecular flexibility index (Phi) is 4.17.